The molecule has 3 N–H and O–H groups in total. The lowest BCUT2D eigenvalue weighted by atomic mass is 10.2. The van der Waals surface area contributed by atoms with Gasteiger partial charge in [0.2, 0.25) is 0 Å². The van der Waals surface area contributed by atoms with Crippen LogP contribution < -0.4 is 10.6 Å². The van der Waals surface area contributed by atoms with Crippen LogP contribution in [-0.2, 0) is 4.74 Å². The summed E-state index contributed by atoms with van der Waals surface area (Å²) < 4.78 is 5.19. The largest absolute Gasteiger partial charge is 0.478 e. The summed E-state index contributed by atoms with van der Waals surface area (Å²) in [6.07, 6.45) is 0. The Morgan fingerprint density at radius 2 is 2.12 bits per heavy atom. The van der Waals surface area contributed by atoms with E-state index in [4.69, 9.17) is 15.6 Å². The number of morpholine rings is 1. The number of anilines is 2. The Morgan fingerprint density at radius 1 is 1.44 bits per heavy atom. The van der Waals surface area contributed by atoms with Crippen LogP contribution in [-0.4, -0.2) is 47.6 Å². The zero-order valence-electron chi connectivity index (χ0n) is 8.59. The first-order valence-corrected chi connectivity index (χ1v) is 4.87. The van der Waals surface area contributed by atoms with E-state index in [1.807, 2.05) is 4.90 Å². The lowest BCUT2D eigenvalue weighted by Crippen LogP contribution is -2.37. The predicted molar refractivity (Wildman–Crippen MR) is 56.4 cm³/mol. The van der Waals surface area contributed by atoms with Gasteiger partial charge in [-0.3, -0.25) is 0 Å². The van der Waals surface area contributed by atoms with E-state index in [0.29, 0.717) is 32.1 Å². The monoisotopic (exact) mass is 224 g/mol. The third kappa shape index (κ3) is 2.03. The van der Waals surface area contributed by atoms with Crippen LogP contribution in [0.2, 0.25) is 0 Å². The van der Waals surface area contributed by atoms with Gasteiger partial charge in [0, 0.05) is 19.2 Å². The van der Waals surface area contributed by atoms with E-state index in [9.17, 15) is 4.79 Å². The molecule has 0 aromatic carbocycles. The van der Waals surface area contributed by atoms with Crippen LogP contribution in [0.5, 0.6) is 0 Å². The molecule has 1 aromatic rings. The van der Waals surface area contributed by atoms with Crippen molar-refractivity contribution in [2.24, 2.45) is 0 Å². The SMILES string of the molecule is Nc1nnc(N2CCOCC2)cc1C(=O)O. The van der Waals surface area contributed by atoms with Gasteiger partial charge in [-0.2, -0.15) is 0 Å². The van der Waals surface area contributed by atoms with Gasteiger partial charge >= 0.3 is 5.97 Å². The highest BCUT2D eigenvalue weighted by molar-refractivity contribution is 5.93. The van der Waals surface area contributed by atoms with Crippen molar-refractivity contribution >= 4 is 17.6 Å². The maximum Gasteiger partial charge on any atom is 0.339 e. The van der Waals surface area contributed by atoms with E-state index in [-0.39, 0.29) is 11.4 Å². The molecule has 16 heavy (non-hydrogen) atoms. The van der Waals surface area contributed by atoms with Crippen LogP contribution in [0.25, 0.3) is 0 Å². The molecule has 0 spiro atoms. The van der Waals surface area contributed by atoms with Crippen molar-refractivity contribution in [1.82, 2.24) is 10.2 Å². The average molecular weight is 224 g/mol. The van der Waals surface area contributed by atoms with Crippen molar-refractivity contribution < 1.29 is 14.6 Å². The van der Waals surface area contributed by atoms with Gasteiger partial charge in [0.15, 0.2) is 11.6 Å². The Hall–Kier alpha value is -1.89. The minimum Gasteiger partial charge on any atom is -0.478 e. The molecule has 1 aliphatic heterocycles. The number of hydrogen-bond donors (Lipinski definition) is 2. The molecule has 1 saturated heterocycles. The van der Waals surface area contributed by atoms with Gasteiger partial charge in [-0.05, 0) is 0 Å². The van der Waals surface area contributed by atoms with Crippen LogP contribution in [0.15, 0.2) is 6.07 Å². The standard InChI is InChI=1S/C9H12N4O3/c10-8-6(9(14)15)5-7(11-12-8)13-1-3-16-4-2-13/h5H,1-4H2,(H2,10,12)(H,14,15). The summed E-state index contributed by atoms with van der Waals surface area (Å²) in [5.41, 5.74) is 5.41. The second-order valence-electron chi connectivity index (χ2n) is 3.41. The number of ether oxygens (including phenoxy) is 1. The van der Waals surface area contributed by atoms with Gasteiger partial charge in [0.25, 0.3) is 0 Å². The number of carboxylic acids is 1. The Labute approximate surface area is 91.8 Å². The quantitative estimate of drug-likeness (QED) is 0.704. The fourth-order valence-corrected chi connectivity index (χ4v) is 1.51. The van der Waals surface area contributed by atoms with E-state index >= 15 is 0 Å². The topological polar surface area (TPSA) is 102 Å². The van der Waals surface area contributed by atoms with Crippen molar-refractivity contribution in [2.45, 2.75) is 0 Å². The summed E-state index contributed by atoms with van der Waals surface area (Å²) >= 11 is 0. The fraction of sp³-hybridized carbons (Fsp3) is 0.444. The van der Waals surface area contributed by atoms with Crippen LogP contribution >= 0.6 is 0 Å². The van der Waals surface area contributed by atoms with Gasteiger partial charge in [-0.1, -0.05) is 0 Å². The van der Waals surface area contributed by atoms with Gasteiger partial charge in [0.05, 0.1) is 13.2 Å². The van der Waals surface area contributed by atoms with E-state index in [2.05, 4.69) is 10.2 Å². The number of carbonyl (C=O) groups is 1. The minimum atomic E-state index is -1.10. The molecule has 0 saturated carbocycles. The van der Waals surface area contributed by atoms with Crippen LogP contribution in [0.4, 0.5) is 11.6 Å². The number of nitrogens with zero attached hydrogens (tertiary/aromatic N) is 3. The number of rotatable bonds is 2. The third-order valence-electron chi connectivity index (χ3n) is 2.38. The van der Waals surface area contributed by atoms with Crippen LogP contribution in [0, 0.1) is 0 Å². The predicted octanol–water partition coefficient (Wildman–Crippen LogP) is -0.406. The van der Waals surface area contributed by atoms with Gasteiger partial charge in [0.1, 0.15) is 5.56 Å². The van der Waals surface area contributed by atoms with Crippen molar-refractivity contribution in [1.29, 1.82) is 0 Å². The average Bonchev–Trinajstić information content (AvgIpc) is 2.30. The molecule has 2 rings (SSSR count). The van der Waals surface area contributed by atoms with Crippen molar-refractivity contribution in [3.8, 4) is 0 Å². The van der Waals surface area contributed by atoms with Gasteiger partial charge < -0.3 is 20.5 Å². The smallest absolute Gasteiger partial charge is 0.339 e. The van der Waals surface area contributed by atoms with Crippen molar-refractivity contribution in [3.63, 3.8) is 0 Å². The summed E-state index contributed by atoms with van der Waals surface area (Å²) in [6.45, 7) is 2.57. The Bertz CT molecular complexity index is 404. The summed E-state index contributed by atoms with van der Waals surface area (Å²) in [5.74, 6) is -0.638. The molecular formula is C9H12N4O3. The van der Waals surface area contributed by atoms with E-state index < -0.39 is 5.97 Å². The minimum absolute atomic E-state index is 0.0171. The highest BCUT2D eigenvalue weighted by Crippen LogP contribution is 2.16. The molecule has 0 amide bonds. The zero-order valence-corrected chi connectivity index (χ0v) is 8.59. The summed E-state index contributed by atoms with van der Waals surface area (Å²) in [4.78, 5) is 12.8. The van der Waals surface area contributed by atoms with E-state index in [1.54, 1.807) is 0 Å². The number of carboxylic acid groups (broad SMARTS) is 1. The molecule has 1 fully saturated rings. The van der Waals surface area contributed by atoms with E-state index in [0.717, 1.165) is 0 Å². The first kappa shape index (κ1) is 10.6. The highest BCUT2D eigenvalue weighted by Gasteiger charge is 2.17. The maximum absolute atomic E-state index is 10.9. The lowest BCUT2D eigenvalue weighted by Gasteiger charge is -2.27. The number of aromatic carboxylic acids is 1. The number of hydrogen-bond acceptors (Lipinski definition) is 6. The van der Waals surface area contributed by atoms with Crippen molar-refractivity contribution in [3.05, 3.63) is 11.6 Å². The Kier molecular flexibility index (Phi) is 2.86. The van der Waals surface area contributed by atoms with Crippen molar-refractivity contribution in [2.75, 3.05) is 36.9 Å². The molecule has 1 aromatic heterocycles. The second kappa shape index (κ2) is 4.31. The molecular weight excluding hydrogens is 212 g/mol. The first-order valence-electron chi connectivity index (χ1n) is 4.87. The van der Waals surface area contributed by atoms with Crippen LogP contribution in [0.1, 0.15) is 10.4 Å². The van der Waals surface area contributed by atoms with Gasteiger partial charge in [-0.15, -0.1) is 10.2 Å². The molecule has 86 valence electrons. The maximum atomic E-state index is 10.9. The Balaban J connectivity index is 2.27. The molecule has 1 aliphatic rings. The number of aromatic nitrogens is 2. The highest BCUT2D eigenvalue weighted by atomic mass is 16.5. The van der Waals surface area contributed by atoms with Crippen LogP contribution in [0.3, 0.4) is 0 Å². The zero-order chi connectivity index (χ0) is 11.5. The first-order chi connectivity index (χ1) is 7.68. The molecule has 0 radical (unpaired) electrons. The number of nitrogen functional groups attached to an aromatic ring is 1. The summed E-state index contributed by atoms with van der Waals surface area (Å²) in [6, 6.07) is 1.44. The van der Waals surface area contributed by atoms with E-state index in [1.165, 1.54) is 6.07 Å². The molecule has 0 unspecified atom stereocenters. The Morgan fingerprint density at radius 3 is 2.75 bits per heavy atom. The fourth-order valence-electron chi connectivity index (χ4n) is 1.51. The molecule has 7 nitrogen and oxygen atoms in total. The second-order valence-corrected chi connectivity index (χ2v) is 3.41. The molecule has 0 atom stereocenters. The molecule has 0 aliphatic carbocycles. The summed E-state index contributed by atoms with van der Waals surface area (Å²) in [7, 11) is 0. The normalized spacial score (nSPS) is 16.1. The third-order valence-corrected chi connectivity index (χ3v) is 2.38. The number of nitrogens with two attached hydrogens (primary N) is 1. The lowest BCUT2D eigenvalue weighted by molar-refractivity contribution is 0.0697. The molecule has 2 heterocycles. The van der Waals surface area contributed by atoms with Gasteiger partial charge in [-0.25, -0.2) is 4.79 Å². The molecule has 7 heteroatoms. The summed E-state index contributed by atoms with van der Waals surface area (Å²) in [5, 5.41) is 16.4. The molecule has 0 bridgehead atoms.